The smallest absolute Gasteiger partial charge is 0.153 e. The highest BCUT2D eigenvalue weighted by Gasteiger charge is 2.34. The number of halogens is 6. The second-order valence-corrected chi connectivity index (χ2v) is 12.1. The highest BCUT2D eigenvalue weighted by atomic mass is 79.9. The van der Waals surface area contributed by atoms with Crippen LogP contribution in [0.2, 0.25) is 20.1 Å². The molecule has 4 N–H and O–H groups in total. The van der Waals surface area contributed by atoms with Crippen LogP contribution >= 0.6 is 78.3 Å². The summed E-state index contributed by atoms with van der Waals surface area (Å²) in [5.41, 5.74) is 2.50. The quantitative estimate of drug-likeness (QED) is 0.170. The van der Waals surface area contributed by atoms with Gasteiger partial charge in [-0.25, -0.2) is 0 Å². The van der Waals surface area contributed by atoms with Crippen molar-refractivity contribution in [2.75, 3.05) is 0 Å². The first-order valence-corrected chi connectivity index (χ1v) is 13.8. The zero-order chi connectivity index (χ0) is 27.4. The predicted octanol–water partition coefficient (Wildman–Crippen LogP) is 10.3. The van der Waals surface area contributed by atoms with Crippen LogP contribution in [-0.2, 0) is 5.41 Å². The molecule has 0 saturated heterocycles. The minimum atomic E-state index is -0.915. The topological polar surface area (TPSA) is 80.9 Å². The van der Waals surface area contributed by atoms with Gasteiger partial charge in [0.25, 0.3) is 0 Å². The fourth-order valence-electron chi connectivity index (χ4n) is 4.24. The van der Waals surface area contributed by atoms with Crippen LogP contribution in [0.5, 0.6) is 23.0 Å². The van der Waals surface area contributed by atoms with Crippen LogP contribution in [0.1, 0.15) is 25.0 Å². The lowest BCUT2D eigenvalue weighted by molar-refractivity contribution is 0.471. The lowest BCUT2D eigenvalue weighted by atomic mass is 9.72. The van der Waals surface area contributed by atoms with Crippen LogP contribution in [0.25, 0.3) is 22.3 Å². The van der Waals surface area contributed by atoms with Crippen LogP contribution < -0.4 is 0 Å². The summed E-state index contributed by atoms with van der Waals surface area (Å²) in [6.07, 6.45) is 0. The molecule has 0 spiro atoms. The van der Waals surface area contributed by atoms with E-state index in [1.807, 2.05) is 13.8 Å². The first-order valence-electron chi connectivity index (χ1n) is 10.7. The van der Waals surface area contributed by atoms with Crippen LogP contribution in [0.3, 0.4) is 0 Å². The van der Waals surface area contributed by atoms with Gasteiger partial charge >= 0.3 is 0 Å². The maximum atomic E-state index is 10.6. The van der Waals surface area contributed by atoms with Gasteiger partial charge in [-0.3, -0.25) is 0 Å². The fraction of sp³-hybridized carbons (Fsp3) is 0.111. The van der Waals surface area contributed by atoms with Crippen molar-refractivity contribution in [2.24, 2.45) is 0 Å². The average molecular weight is 708 g/mol. The summed E-state index contributed by atoms with van der Waals surface area (Å²) < 4.78 is 0.870. The maximum Gasteiger partial charge on any atom is 0.153 e. The zero-order valence-electron chi connectivity index (χ0n) is 19.2. The monoisotopic (exact) mass is 704 g/mol. The Morgan fingerprint density at radius 1 is 0.595 bits per heavy atom. The molecule has 4 aromatic carbocycles. The summed E-state index contributed by atoms with van der Waals surface area (Å²) in [5, 5.41) is 41.4. The molecule has 0 unspecified atom stereocenters. The molecule has 0 saturated carbocycles. The third-order valence-electron chi connectivity index (χ3n) is 6.21. The van der Waals surface area contributed by atoms with Gasteiger partial charge in [0.2, 0.25) is 0 Å². The Bertz CT molecular complexity index is 1460. The van der Waals surface area contributed by atoms with Gasteiger partial charge in [0.15, 0.2) is 11.5 Å². The van der Waals surface area contributed by atoms with Crippen molar-refractivity contribution < 1.29 is 20.4 Å². The Hall–Kier alpha value is -1.80. The van der Waals surface area contributed by atoms with E-state index in [2.05, 4.69) is 31.9 Å². The third kappa shape index (κ3) is 5.00. The largest absolute Gasteiger partial charge is 0.507 e. The van der Waals surface area contributed by atoms with E-state index in [1.54, 1.807) is 36.4 Å². The van der Waals surface area contributed by atoms with E-state index in [-0.39, 0.29) is 43.1 Å². The highest BCUT2D eigenvalue weighted by Crippen LogP contribution is 2.53. The Labute approximate surface area is 250 Å². The van der Waals surface area contributed by atoms with E-state index in [0.29, 0.717) is 42.3 Å². The molecule has 37 heavy (non-hydrogen) atoms. The van der Waals surface area contributed by atoms with Gasteiger partial charge in [0.1, 0.15) is 11.5 Å². The molecular weight excluding hydrogens is 690 g/mol. The molecule has 0 heterocycles. The Morgan fingerprint density at radius 2 is 0.946 bits per heavy atom. The second-order valence-electron chi connectivity index (χ2n) is 8.84. The molecule has 4 nitrogen and oxygen atoms in total. The minimum absolute atomic E-state index is 0.0260. The van der Waals surface area contributed by atoms with Gasteiger partial charge in [-0.2, -0.15) is 0 Å². The molecule has 0 aliphatic rings. The summed E-state index contributed by atoms with van der Waals surface area (Å²) in [7, 11) is 0. The summed E-state index contributed by atoms with van der Waals surface area (Å²) in [5.74, 6) is -0.495. The number of aromatic hydroxyl groups is 4. The standard InChI is InChI=1S/C27H18Br2Cl4O4/c1-27(2,13-9-17(30)25(36)23(32)21(13)11-3-5-19(34)15(28)7-11)14-10-18(31)26(37)24(33)22(14)12-4-6-20(35)16(29)8-12/h3-10,34-37H,1-2H3. The summed E-state index contributed by atoms with van der Waals surface area (Å²) >= 11 is 32.8. The van der Waals surface area contributed by atoms with E-state index in [4.69, 9.17) is 46.4 Å². The fourth-order valence-corrected chi connectivity index (χ4v) is 6.12. The molecule has 0 amide bonds. The number of benzene rings is 4. The number of phenolic OH excluding ortho intramolecular Hbond substituents is 4. The van der Waals surface area contributed by atoms with E-state index in [9.17, 15) is 20.4 Å². The van der Waals surface area contributed by atoms with Gasteiger partial charge < -0.3 is 20.4 Å². The molecule has 10 heteroatoms. The van der Waals surface area contributed by atoms with Crippen molar-refractivity contribution in [3.63, 3.8) is 0 Å². The molecule has 0 aliphatic heterocycles. The van der Waals surface area contributed by atoms with Crippen molar-refractivity contribution >= 4 is 78.3 Å². The summed E-state index contributed by atoms with van der Waals surface area (Å²) in [4.78, 5) is 0. The molecule has 0 aliphatic carbocycles. The van der Waals surface area contributed by atoms with Gasteiger partial charge in [0, 0.05) is 16.5 Å². The van der Waals surface area contributed by atoms with E-state index in [1.165, 1.54) is 12.1 Å². The van der Waals surface area contributed by atoms with Crippen LogP contribution in [-0.4, -0.2) is 20.4 Å². The summed E-state index contributed by atoms with van der Waals surface area (Å²) in [6, 6.07) is 12.9. The van der Waals surface area contributed by atoms with Crippen molar-refractivity contribution in [2.45, 2.75) is 19.3 Å². The molecule has 0 fully saturated rings. The van der Waals surface area contributed by atoms with Crippen LogP contribution in [0, 0.1) is 0 Å². The predicted molar refractivity (Wildman–Crippen MR) is 158 cm³/mol. The molecule has 0 aromatic heterocycles. The lowest BCUT2D eigenvalue weighted by Gasteiger charge is -2.33. The molecule has 0 atom stereocenters. The van der Waals surface area contributed by atoms with E-state index in [0.717, 1.165) is 0 Å². The number of hydrogen-bond donors (Lipinski definition) is 4. The highest BCUT2D eigenvalue weighted by molar-refractivity contribution is 9.10. The van der Waals surface area contributed by atoms with E-state index >= 15 is 0 Å². The molecule has 0 bridgehead atoms. The van der Waals surface area contributed by atoms with Gasteiger partial charge in [-0.05, 0) is 90.5 Å². The SMILES string of the molecule is CC(C)(c1cc(Cl)c(O)c(Cl)c1-c1ccc(O)c(Br)c1)c1cc(Cl)c(O)c(Cl)c1-c1ccc(O)c(Br)c1. The number of rotatable bonds is 4. The van der Waals surface area contributed by atoms with Crippen molar-refractivity contribution in [1.29, 1.82) is 0 Å². The zero-order valence-corrected chi connectivity index (χ0v) is 25.4. The van der Waals surface area contributed by atoms with Gasteiger partial charge in [-0.15, -0.1) is 0 Å². The average Bonchev–Trinajstić information content (AvgIpc) is 2.84. The number of hydrogen-bond acceptors (Lipinski definition) is 4. The molecular formula is C27H18Br2Cl4O4. The summed E-state index contributed by atoms with van der Waals surface area (Å²) in [6.45, 7) is 3.81. The Balaban J connectivity index is 2.10. The molecule has 192 valence electrons. The maximum absolute atomic E-state index is 10.6. The van der Waals surface area contributed by atoms with Gasteiger partial charge in [0.05, 0.1) is 29.0 Å². The van der Waals surface area contributed by atoms with Crippen molar-refractivity contribution in [1.82, 2.24) is 0 Å². The van der Waals surface area contributed by atoms with Crippen molar-refractivity contribution in [3.05, 3.63) is 88.7 Å². The lowest BCUT2D eigenvalue weighted by Crippen LogP contribution is -2.22. The second kappa shape index (κ2) is 10.4. The van der Waals surface area contributed by atoms with E-state index < -0.39 is 5.41 Å². The minimum Gasteiger partial charge on any atom is -0.507 e. The Morgan fingerprint density at radius 3 is 1.27 bits per heavy atom. The number of phenols is 4. The Kier molecular flexibility index (Phi) is 7.93. The molecule has 4 aromatic rings. The first kappa shape index (κ1) is 28.2. The van der Waals surface area contributed by atoms with Gasteiger partial charge in [-0.1, -0.05) is 72.4 Å². The third-order valence-corrected chi connectivity index (χ3v) is 8.79. The molecule has 0 radical (unpaired) electrons. The van der Waals surface area contributed by atoms with Crippen molar-refractivity contribution in [3.8, 4) is 45.3 Å². The van der Waals surface area contributed by atoms with Crippen LogP contribution in [0.4, 0.5) is 0 Å². The molecule has 4 rings (SSSR count). The normalized spacial score (nSPS) is 11.7. The first-order chi connectivity index (χ1) is 17.2. The van der Waals surface area contributed by atoms with Crippen LogP contribution in [0.15, 0.2) is 57.5 Å².